The number of nitrogens with two attached hydrogens (primary N) is 1. The maximum Gasteiger partial charge on any atom is 0.253 e. The molecule has 0 radical (unpaired) electrons. The number of nitrogens with one attached hydrogen (secondary N) is 1. The lowest BCUT2D eigenvalue weighted by Gasteiger charge is -2.34. The number of Topliss-reactive ketones (excluding diaryl/α,β-unsaturated/α-hetero) is 1. The second-order valence-corrected chi connectivity index (χ2v) is 10.9. The van der Waals surface area contributed by atoms with Crippen LogP contribution in [0.5, 0.6) is 5.75 Å². The standard InChI is InChI=1S/C26H35N3O6/c1-26(2,3)11-13-8-17(29(4)5)15-7-12-6-14(30)9-18(31)22(25(28)35)16(27)10-19(32)20(12)24(34)21(15)23(13)33/h8,12,14,27,30-31,33-34H,6-7,9-11H2,1-5H3,(H2,28,35)/b22-18-,27-16?/t12-,14+/m1/s1. The van der Waals surface area contributed by atoms with Gasteiger partial charge in [-0.05, 0) is 47.8 Å². The first kappa shape index (κ1) is 26.3. The van der Waals surface area contributed by atoms with Gasteiger partial charge in [0, 0.05) is 31.8 Å². The topological polar surface area (TPSA) is 168 Å². The van der Waals surface area contributed by atoms with Crippen molar-refractivity contribution in [1.82, 2.24) is 0 Å². The van der Waals surface area contributed by atoms with Gasteiger partial charge in [0.25, 0.3) is 5.91 Å². The van der Waals surface area contributed by atoms with Crippen molar-refractivity contribution < 1.29 is 30.0 Å². The summed E-state index contributed by atoms with van der Waals surface area (Å²) in [5, 5.41) is 51.8. The number of rotatable bonds is 3. The van der Waals surface area contributed by atoms with Crippen molar-refractivity contribution in [2.24, 2.45) is 17.1 Å². The van der Waals surface area contributed by atoms with Crippen molar-refractivity contribution in [3.63, 3.8) is 0 Å². The molecular formula is C26H35N3O6. The van der Waals surface area contributed by atoms with Gasteiger partial charge in [-0.15, -0.1) is 0 Å². The number of aliphatic hydroxyl groups is 3. The molecule has 0 spiro atoms. The minimum atomic E-state index is -1.16. The first-order chi connectivity index (χ1) is 16.1. The highest BCUT2D eigenvalue weighted by molar-refractivity contribution is 6.26. The number of benzene rings is 1. The molecule has 35 heavy (non-hydrogen) atoms. The molecule has 2 aliphatic rings. The summed E-state index contributed by atoms with van der Waals surface area (Å²) < 4.78 is 0. The Morgan fingerprint density at radius 1 is 1.20 bits per heavy atom. The molecule has 3 rings (SSSR count). The lowest BCUT2D eigenvalue weighted by molar-refractivity contribution is -0.115. The number of anilines is 1. The summed E-state index contributed by atoms with van der Waals surface area (Å²) in [5.74, 6) is -3.33. The van der Waals surface area contributed by atoms with Gasteiger partial charge in [0.05, 0.1) is 29.4 Å². The number of ketones is 1. The van der Waals surface area contributed by atoms with E-state index >= 15 is 0 Å². The Morgan fingerprint density at radius 3 is 2.37 bits per heavy atom. The summed E-state index contributed by atoms with van der Waals surface area (Å²) in [4.78, 5) is 27.0. The smallest absolute Gasteiger partial charge is 0.253 e. The van der Waals surface area contributed by atoms with Crippen LogP contribution in [-0.4, -0.2) is 58.0 Å². The summed E-state index contributed by atoms with van der Waals surface area (Å²) in [5.41, 5.74) is 6.43. The normalized spacial score (nSPS) is 23.6. The molecule has 1 aromatic rings. The first-order valence-electron chi connectivity index (χ1n) is 11.6. The lowest BCUT2D eigenvalue weighted by Crippen LogP contribution is -2.32. The van der Waals surface area contributed by atoms with E-state index in [1.165, 1.54) is 0 Å². The third kappa shape index (κ3) is 5.19. The maximum atomic E-state index is 13.3. The molecule has 190 valence electrons. The second kappa shape index (κ2) is 9.37. The van der Waals surface area contributed by atoms with Crippen molar-refractivity contribution >= 4 is 28.8 Å². The number of aliphatic hydroxyl groups excluding tert-OH is 3. The van der Waals surface area contributed by atoms with E-state index in [1.54, 1.807) is 0 Å². The van der Waals surface area contributed by atoms with Crippen LogP contribution < -0.4 is 10.6 Å². The molecule has 2 aliphatic carbocycles. The number of amides is 1. The number of primary amides is 1. The predicted octanol–water partition coefficient (Wildman–Crippen LogP) is 2.92. The van der Waals surface area contributed by atoms with Crippen LogP contribution in [0.1, 0.15) is 56.7 Å². The number of hydrogen-bond acceptors (Lipinski definition) is 8. The molecule has 1 aromatic carbocycles. The predicted molar refractivity (Wildman–Crippen MR) is 134 cm³/mol. The number of allylic oxidation sites excluding steroid dienone is 1. The summed E-state index contributed by atoms with van der Waals surface area (Å²) in [6.45, 7) is 6.10. The van der Waals surface area contributed by atoms with Crippen LogP contribution in [-0.2, 0) is 22.4 Å². The molecule has 0 saturated heterocycles. The van der Waals surface area contributed by atoms with Gasteiger partial charge in [-0.25, -0.2) is 0 Å². The SMILES string of the molecule is CN(C)c1cc(CC(C)(C)C)c(O)c2c1C[C@H]1C[C@H](O)C/C(O)=C(/C(N)=O)C(=N)CC(=O)C1=C2O. The number of carbonyl (C=O) groups excluding carboxylic acids is 2. The Kier molecular flexibility index (Phi) is 7.04. The highest BCUT2D eigenvalue weighted by Gasteiger charge is 2.38. The molecular weight excluding hydrogens is 450 g/mol. The van der Waals surface area contributed by atoms with E-state index in [0.29, 0.717) is 17.5 Å². The van der Waals surface area contributed by atoms with Crippen LogP contribution in [0.4, 0.5) is 5.69 Å². The van der Waals surface area contributed by atoms with Crippen molar-refractivity contribution in [2.45, 2.75) is 59.0 Å². The molecule has 1 amide bonds. The Hall–Kier alpha value is -3.33. The van der Waals surface area contributed by atoms with Gasteiger partial charge >= 0.3 is 0 Å². The van der Waals surface area contributed by atoms with Crippen LogP contribution in [0.25, 0.3) is 5.76 Å². The lowest BCUT2D eigenvalue weighted by atomic mass is 9.74. The molecule has 0 bridgehead atoms. The summed E-state index contributed by atoms with van der Waals surface area (Å²) in [6, 6.07) is 1.89. The van der Waals surface area contributed by atoms with Crippen LogP contribution in [0.3, 0.4) is 0 Å². The van der Waals surface area contributed by atoms with Crippen LogP contribution >= 0.6 is 0 Å². The Labute approximate surface area is 205 Å². The third-order valence-corrected chi connectivity index (χ3v) is 6.48. The quantitative estimate of drug-likeness (QED) is 0.382. The molecule has 7 N–H and O–H groups in total. The molecule has 0 heterocycles. The fourth-order valence-corrected chi connectivity index (χ4v) is 5.10. The number of fused-ring (bicyclic) bond motifs is 2. The van der Waals surface area contributed by atoms with E-state index in [2.05, 4.69) is 0 Å². The van der Waals surface area contributed by atoms with Gasteiger partial charge in [0.1, 0.15) is 17.3 Å². The highest BCUT2D eigenvalue weighted by atomic mass is 16.3. The van der Waals surface area contributed by atoms with Gasteiger partial charge in [0.2, 0.25) is 0 Å². The molecule has 0 unspecified atom stereocenters. The zero-order valence-electron chi connectivity index (χ0n) is 20.9. The monoisotopic (exact) mass is 485 g/mol. The summed E-state index contributed by atoms with van der Waals surface area (Å²) >= 11 is 0. The van der Waals surface area contributed by atoms with Gasteiger partial charge in [-0.3, -0.25) is 9.59 Å². The van der Waals surface area contributed by atoms with E-state index in [-0.39, 0.29) is 47.3 Å². The van der Waals surface area contributed by atoms with Gasteiger partial charge in [-0.1, -0.05) is 20.8 Å². The Bertz CT molecular complexity index is 1160. The average Bonchev–Trinajstić information content (AvgIpc) is 2.67. The molecule has 0 aromatic heterocycles. The Balaban J connectivity index is 2.25. The van der Waals surface area contributed by atoms with E-state index in [9.17, 15) is 30.0 Å². The second-order valence-electron chi connectivity index (χ2n) is 10.9. The van der Waals surface area contributed by atoms with Gasteiger partial charge in [-0.2, -0.15) is 0 Å². The average molecular weight is 486 g/mol. The molecule has 0 aliphatic heterocycles. The molecule has 0 saturated carbocycles. The number of phenolic OH excluding ortho intramolecular Hbond substituents is 1. The first-order valence-corrected chi connectivity index (χ1v) is 11.6. The molecule has 9 nitrogen and oxygen atoms in total. The van der Waals surface area contributed by atoms with Crippen molar-refractivity contribution in [3.05, 3.63) is 39.7 Å². The van der Waals surface area contributed by atoms with Crippen molar-refractivity contribution in [1.29, 1.82) is 5.41 Å². The zero-order chi connectivity index (χ0) is 26.4. The minimum Gasteiger partial charge on any atom is -0.511 e. The van der Waals surface area contributed by atoms with E-state index in [0.717, 1.165) is 5.69 Å². The fraction of sp³-hybridized carbons (Fsp3) is 0.500. The zero-order valence-corrected chi connectivity index (χ0v) is 20.9. The van der Waals surface area contributed by atoms with Crippen molar-refractivity contribution in [2.75, 3.05) is 19.0 Å². The van der Waals surface area contributed by atoms with Gasteiger partial charge < -0.3 is 36.5 Å². The highest BCUT2D eigenvalue weighted by Crippen LogP contribution is 2.47. The molecule has 2 atom stereocenters. The number of aromatic hydroxyl groups is 1. The molecule has 0 fully saturated rings. The minimum absolute atomic E-state index is 0.000532. The molecule has 9 heteroatoms. The van der Waals surface area contributed by atoms with Crippen LogP contribution in [0.15, 0.2) is 23.0 Å². The number of phenols is 1. The Morgan fingerprint density at radius 2 is 1.83 bits per heavy atom. The number of hydrogen-bond donors (Lipinski definition) is 6. The van der Waals surface area contributed by atoms with Gasteiger partial charge in [0.15, 0.2) is 5.78 Å². The maximum absolute atomic E-state index is 13.3. The van der Waals surface area contributed by atoms with E-state index < -0.39 is 47.2 Å². The number of nitrogens with zero attached hydrogens (tertiary/aromatic N) is 1. The van der Waals surface area contributed by atoms with Crippen LogP contribution in [0, 0.1) is 16.7 Å². The fourth-order valence-electron chi connectivity index (χ4n) is 5.10. The third-order valence-electron chi connectivity index (χ3n) is 6.48. The largest absolute Gasteiger partial charge is 0.511 e. The van der Waals surface area contributed by atoms with Crippen molar-refractivity contribution in [3.8, 4) is 5.75 Å². The van der Waals surface area contributed by atoms with E-state index in [4.69, 9.17) is 11.1 Å². The van der Waals surface area contributed by atoms with Crippen LogP contribution in [0.2, 0.25) is 0 Å². The number of carbonyl (C=O) groups is 2. The van der Waals surface area contributed by atoms with E-state index in [1.807, 2.05) is 45.8 Å². The summed E-state index contributed by atoms with van der Waals surface area (Å²) in [7, 11) is 3.71. The summed E-state index contributed by atoms with van der Waals surface area (Å²) in [6.07, 6.45) is -1.23.